The molecule has 0 aromatic heterocycles. The molecule has 90 valence electrons. The molecule has 0 saturated carbocycles. The molecule has 1 rings (SSSR count). The Morgan fingerprint density at radius 3 is 2.33 bits per heavy atom. The van der Waals surface area contributed by atoms with E-state index in [1.165, 1.54) is 25.7 Å². The van der Waals surface area contributed by atoms with E-state index < -0.39 is 0 Å². The molecule has 1 heterocycles. The molecule has 2 unspecified atom stereocenters. The van der Waals surface area contributed by atoms with E-state index in [-0.39, 0.29) is 11.2 Å². The fourth-order valence-corrected chi connectivity index (χ4v) is 2.98. The van der Waals surface area contributed by atoms with E-state index in [0.717, 1.165) is 0 Å². The standard InChI is InChI=1S/C13H25BrO/c1-6-11(14)8-7-10-9-12(2,3)15-13(10,4)5/h10-11H,6-9H2,1-5H3. The van der Waals surface area contributed by atoms with Gasteiger partial charge in [0.15, 0.2) is 0 Å². The van der Waals surface area contributed by atoms with Crippen molar-refractivity contribution in [3.63, 3.8) is 0 Å². The highest BCUT2D eigenvalue weighted by Crippen LogP contribution is 2.44. The van der Waals surface area contributed by atoms with E-state index in [1.54, 1.807) is 0 Å². The maximum atomic E-state index is 6.10. The van der Waals surface area contributed by atoms with Crippen LogP contribution in [0.5, 0.6) is 0 Å². The van der Waals surface area contributed by atoms with Crippen molar-refractivity contribution in [2.75, 3.05) is 0 Å². The minimum atomic E-state index is 0.0595. The van der Waals surface area contributed by atoms with Crippen molar-refractivity contribution in [1.82, 2.24) is 0 Å². The predicted molar refractivity (Wildman–Crippen MR) is 69.6 cm³/mol. The van der Waals surface area contributed by atoms with Gasteiger partial charge < -0.3 is 4.74 Å². The number of alkyl halides is 1. The van der Waals surface area contributed by atoms with Crippen molar-refractivity contribution in [3.05, 3.63) is 0 Å². The molecule has 0 radical (unpaired) electrons. The zero-order chi connectivity index (χ0) is 11.7. The molecule has 15 heavy (non-hydrogen) atoms. The Morgan fingerprint density at radius 2 is 1.93 bits per heavy atom. The smallest absolute Gasteiger partial charge is 0.0662 e. The van der Waals surface area contributed by atoms with Crippen molar-refractivity contribution in [2.45, 2.75) is 76.3 Å². The summed E-state index contributed by atoms with van der Waals surface area (Å²) >= 11 is 3.71. The van der Waals surface area contributed by atoms with Gasteiger partial charge in [0.25, 0.3) is 0 Å². The summed E-state index contributed by atoms with van der Waals surface area (Å²) in [5.74, 6) is 0.707. The minimum absolute atomic E-state index is 0.0595. The van der Waals surface area contributed by atoms with E-state index in [9.17, 15) is 0 Å². The van der Waals surface area contributed by atoms with E-state index in [2.05, 4.69) is 50.5 Å². The number of rotatable bonds is 4. The second-order valence-corrected chi connectivity index (χ2v) is 7.24. The zero-order valence-electron chi connectivity index (χ0n) is 10.8. The van der Waals surface area contributed by atoms with Crippen LogP contribution in [0.15, 0.2) is 0 Å². The van der Waals surface area contributed by atoms with Crippen LogP contribution in [-0.4, -0.2) is 16.0 Å². The van der Waals surface area contributed by atoms with Crippen LogP contribution in [-0.2, 0) is 4.74 Å². The maximum absolute atomic E-state index is 6.10. The summed E-state index contributed by atoms with van der Waals surface area (Å²) in [6.45, 7) is 11.1. The molecule has 0 aliphatic carbocycles. The highest BCUT2D eigenvalue weighted by molar-refractivity contribution is 9.09. The van der Waals surface area contributed by atoms with Gasteiger partial charge in [0.1, 0.15) is 0 Å². The van der Waals surface area contributed by atoms with Crippen LogP contribution in [0.3, 0.4) is 0 Å². The number of halogens is 1. The third-order valence-corrected chi connectivity index (χ3v) is 4.64. The van der Waals surface area contributed by atoms with Gasteiger partial charge in [-0.15, -0.1) is 0 Å². The van der Waals surface area contributed by atoms with Gasteiger partial charge in [-0.2, -0.15) is 0 Å². The van der Waals surface area contributed by atoms with Gasteiger partial charge in [-0.25, -0.2) is 0 Å². The molecular weight excluding hydrogens is 252 g/mol. The topological polar surface area (TPSA) is 9.23 Å². The third kappa shape index (κ3) is 3.74. The van der Waals surface area contributed by atoms with Crippen LogP contribution >= 0.6 is 15.9 Å². The summed E-state index contributed by atoms with van der Waals surface area (Å²) in [5, 5.41) is 0. The lowest BCUT2D eigenvalue weighted by Gasteiger charge is -2.27. The summed E-state index contributed by atoms with van der Waals surface area (Å²) < 4.78 is 6.10. The van der Waals surface area contributed by atoms with Gasteiger partial charge in [-0.05, 0) is 59.3 Å². The molecule has 1 fully saturated rings. The summed E-state index contributed by atoms with van der Waals surface area (Å²) in [6, 6.07) is 0. The first kappa shape index (κ1) is 13.5. The fraction of sp³-hybridized carbons (Fsp3) is 1.00. The molecular formula is C13H25BrO. The highest BCUT2D eigenvalue weighted by Gasteiger charge is 2.45. The van der Waals surface area contributed by atoms with E-state index in [4.69, 9.17) is 4.74 Å². The Labute approximate surface area is 103 Å². The van der Waals surface area contributed by atoms with Crippen LogP contribution in [0, 0.1) is 5.92 Å². The van der Waals surface area contributed by atoms with Crippen LogP contribution in [0.4, 0.5) is 0 Å². The molecule has 1 nitrogen and oxygen atoms in total. The fourth-order valence-electron chi connectivity index (χ4n) is 2.71. The summed E-state index contributed by atoms with van der Waals surface area (Å²) in [6.07, 6.45) is 4.96. The van der Waals surface area contributed by atoms with Crippen molar-refractivity contribution in [2.24, 2.45) is 5.92 Å². The van der Waals surface area contributed by atoms with Crippen LogP contribution in [0.25, 0.3) is 0 Å². The number of hydrogen-bond acceptors (Lipinski definition) is 1. The molecule has 0 aromatic carbocycles. The molecule has 1 aliphatic heterocycles. The van der Waals surface area contributed by atoms with Crippen LogP contribution in [0.1, 0.15) is 60.3 Å². The number of ether oxygens (including phenoxy) is 1. The summed E-state index contributed by atoms with van der Waals surface area (Å²) in [4.78, 5) is 0.678. The quantitative estimate of drug-likeness (QED) is 0.686. The summed E-state index contributed by atoms with van der Waals surface area (Å²) in [5.41, 5.74) is 0.131. The second-order valence-electron chi connectivity index (χ2n) is 5.95. The molecule has 0 bridgehead atoms. The minimum Gasteiger partial charge on any atom is -0.369 e. The Bertz CT molecular complexity index is 211. The van der Waals surface area contributed by atoms with Crippen LogP contribution in [0.2, 0.25) is 0 Å². The lowest BCUT2D eigenvalue weighted by Crippen LogP contribution is -2.29. The molecule has 0 amide bonds. The third-order valence-electron chi connectivity index (χ3n) is 3.53. The van der Waals surface area contributed by atoms with Gasteiger partial charge in [0, 0.05) is 4.83 Å². The van der Waals surface area contributed by atoms with Crippen molar-refractivity contribution < 1.29 is 4.74 Å². The molecule has 2 atom stereocenters. The molecule has 0 aromatic rings. The maximum Gasteiger partial charge on any atom is 0.0662 e. The van der Waals surface area contributed by atoms with E-state index in [1.807, 2.05) is 0 Å². The number of hydrogen-bond donors (Lipinski definition) is 0. The monoisotopic (exact) mass is 276 g/mol. The average Bonchev–Trinajstić information content (AvgIpc) is 2.29. The van der Waals surface area contributed by atoms with Gasteiger partial charge in [-0.3, -0.25) is 0 Å². The predicted octanol–water partition coefficient (Wildman–Crippen LogP) is 4.53. The Hall–Kier alpha value is 0.440. The molecule has 2 heteroatoms. The first-order chi connectivity index (χ1) is 6.77. The molecule has 1 aliphatic rings. The Morgan fingerprint density at radius 1 is 1.33 bits per heavy atom. The first-order valence-electron chi connectivity index (χ1n) is 6.11. The van der Waals surface area contributed by atoms with Crippen molar-refractivity contribution >= 4 is 15.9 Å². The molecule has 1 saturated heterocycles. The lowest BCUT2D eigenvalue weighted by molar-refractivity contribution is -0.0752. The normalized spacial score (nSPS) is 30.4. The average molecular weight is 277 g/mol. The summed E-state index contributed by atoms with van der Waals surface area (Å²) in [7, 11) is 0. The van der Waals surface area contributed by atoms with E-state index >= 15 is 0 Å². The van der Waals surface area contributed by atoms with Crippen molar-refractivity contribution in [1.29, 1.82) is 0 Å². The lowest BCUT2D eigenvalue weighted by atomic mass is 9.83. The Balaban J connectivity index is 2.48. The largest absolute Gasteiger partial charge is 0.369 e. The first-order valence-corrected chi connectivity index (χ1v) is 7.02. The van der Waals surface area contributed by atoms with Gasteiger partial charge in [0.2, 0.25) is 0 Å². The zero-order valence-corrected chi connectivity index (χ0v) is 12.4. The van der Waals surface area contributed by atoms with Gasteiger partial charge >= 0.3 is 0 Å². The van der Waals surface area contributed by atoms with Gasteiger partial charge in [-0.1, -0.05) is 22.9 Å². The van der Waals surface area contributed by atoms with Crippen LogP contribution < -0.4 is 0 Å². The van der Waals surface area contributed by atoms with Gasteiger partial charge in [0.05, 0.1) is 11.2 Å². The molecule has 0 N–H and O–H groups in total. The SMILES string of the molecule is CCC(Br)CCC1CC(C)(C)OC1(C)C. The molecule has 0 spiro atoms. The Kier molecular flexibility index (Phi) is 4.27. The van der Waals surface area contributed by atoms with E-state index in [0.29, 0.717) is 10.7 Å². The highest BCUT2D eigenvalue weighted by atomic mass is 79.9. The van der Waals surface area contributed by atoms with Crippen molar-refractivity contribution in [3.8, 4) is 0 Å². The second kappa shape index (κ2) is 4.75.